The molecule has 5 nitrogen and oxygen atoms in total. The molecule has 0 unspecified atom stereocenters. The van der Waals surface area contributed by atoms with Crippen molar-refractivity contribution in [1.82, 2.24) is 9.97 Å². The molecule has 102 valence electrons. The molecule has 0 aliphatic carbocycles. The summed E-state index contributed by atoms with van der Waals surface area (Å²) in [4.78, 5) is 8.72. The van der Waals surface area contributed by atoms with Gasteiger partial charge in [0.25, 0.3) is 0 Å². The predicted octanol–water partition coefficient (Wildman–Crippen LogP) is 1.45. The zero-order valence-corrected chi connectivity index (χ0v) is 11.6. The fourth-order valence-electron chi connectivity index (χ4n) is 1.62. The molecule has 1 heterocycles. The lowest BCUT2D eigenvalue weighted by Crippen LogP contribution is -2.45. The molecular formula is C13H23N3O2. The third-order valence-corrected chi connectivity index (χ3v) is 3.12. The van der Waals surface area contributed by atoms with Gasteiger partial charge >= 0.3 is 0 Å². The molecule has 1 aromatic rings. The van der Waals surface area contributed by atoms with E-state index in [1.54, 1.807) is 0 Å². The van der Waals surface area contributed by atoms with Crippen LogP contribution in [0, 0.1) is 6.92 Å². The number of aliphatic hydroxyl groups excluding tert-OH is 2. The van der Waals surface area contributed by atoms with Crippen LogP contribution in [0.5, 0.6) is 0 Å². The molecule has 0 aliphatic rings. The highest BCUT2D eigenvalue weighted by Gasteiger charge is 2.27. The third kappa shape index (κ3) is 3.40. The van der Waals surface area contributed by atoms with Crippen molar-refractivity contribution in [1.29, 1.82) is 0 Å². The second-order valence-electron chi connectivity index (χ2n) is 4.99. The molecule has 0 bridgehead atoms. The van der Waals surface area contributed by atoms with Gasteiger partial charge in [-0.3, -0.25) is 0 Å². The van der Waals surface area contributed by atoms with Crippen LogP contribution in [0.2, 0.25) is 0 Å². The summed E-state index contributed by atoms with van der Waals surface area (Å²) in [5.74, 6) is 0.773. The maximum absolute atomic E-state index is 9.41. The summed E-state index contributed by atoms with van der Waals surface area (Å²) in [5.41, 5.74) is 1.06. The number of aliphatic hydroxyl groups is 2. The highest BCUT2D eigenvalue weighted by Crippen LogP contribution is 2.19. The number of nitrogens with one attached hydrogen (secondary N) is 1. The fourth-order valence-corrected chi connectivity index (χ4v) is 1.62. The van der Waals surface area contributed by atoms with Crippen LogP contribution in [0.3, 0.4) is 0 Å². The first-order valence-corrected chi connectivity index (χ1v) is 6.32. The quantitative estimate of drug-likeness (QED) is 0.715. The van der Waals surface area contributed by atoms with Crippen LogP contribution in [0.25, 0.3) is 0 Å². The van der Waals surface area contributed by atoms with Crippen LogP contribution in [0.4, 0.5) is 5.95 Å². The summed E-state index contributed by atoms with van der Waals surface area (Å²) < 4.78 is 0. The van der Waals surface area contributed by atoms with Gasteiger partial charge in [0.2, 0.25) is 5.95 Å². The Hall–Kier alpha value is -1.20. The van der Waals surface area contributed by atoms with Gasteiger partial charge in [-0.15, -0.1) is 0 Å². The Labute approximate surface area is 108 Å². The van der Waals surface area contributed by atoms with Crippen LogP contribution in [-0.4, -0.2) is 38.9 Å². The zero-order valence-electron chi connectivity index (χ0n) is 11.6. The largest absolute Gasteiger partial charge is 0.394 e. The molecule has 0 saturated heterocycles. The van der Waals surface area contributed by atoms with Crippen molar-refractivity contribution in [3.05, 3.63) is 17.5 Å². The average Bonchev–Trinajstić information content (AvgIpc) is 2.35. The van der Waals surface area contributed by atoms with Gasteiger partial charge in [-0.1, -0.05) is 20.8 Å². The molecule has 0 fully saturated rings. The Balaban J connectivity index is 3.03. The molecule has 0 radical (unpaired) electrons. The first kappa shape index (κ1) is 14.9. The van der Waals surface area contributed by atoms with E-state index in [2.05, 4.69) is 29.1 Å². The monoisotopic (exact) mass is 253 g/mol. The van der Waals surface area contributed by atoms with E-state index in [9.17, 15) is 10.2 Å². The molecule has 0 atom stereocenters. The Morgan fingerprint density at radius 1 is 1.28 bits per heavy atom. The van der Waals surface area contributed by atoms with Crippen LogP contribution < -0.4 is 5.32 Å². The Bertz CT molecular complexity index is 382. The summed E-state index contributed by atoms with van der Waals surface area (Å²) in [7, 11) is 0. The molecule has 3 N–H and O–H groups in total. The smallest absolute Gasteiger partial charge is 0.223 e. The number of anilines is 1. The van der Waals surface area contributed by atoms with Crippen molar-refractivity contribution in [2.24, 2.45) is 0 Å². The lowest BCUT2D eigenvalue weighted by molar-refractivity contribution is 0.132. The number of hydrogen-bond donors (Lipinski definition) is 3. The average molecular weight is 253 g/mol. The summed E-state index contributed by atoms with van der Waals surface area (Å²) in [6, 6.07) is 1.95. The summed E-state index contributed by atoms with van der Waals surface area (Å²) >= 11 is 0. The maximum Gasteiger partial charge on any atom is 0.223 e. The first-order chi connectivity index (χ1) is 8.46. The second-order valence-corrected chi connectivity index (χ2v) is 4.99. The van der Waals surface area contributed by atoms with Crippen LogP contribution in [-0.2, 0) is 0 Å². The van der Waals surface area contributed by atoms with Crippen molar-refractivity contribution in [3.63, 3.8) is 0 Å². The van der Waals surface area contributed by atoms with Gasteiger partial charge in [-0.25, -0.2) is 9.97 Å². The summed E-state index contributed by atoms with van der Waals surface area (Å²) in [6.07, 6.45) is 0.592. The van der Waals surface area contributed by atoms with Gasteiger partial charge in [-0.2, -0.15) is 0 Å². The van der Waals surface area contributed by atoms with Crippen LogP contribution in [0.1, 0.15) is 44.5 Å². The van der Waals surface area contributed by atoms with Crippen molar-refractivity contribution in [2.45, 2.75) is 45.6 Å². The fraction of sp³-hybridized carbons (Fsp3) is 0.692. The highest BCUT2D eigenvalue weighted by atomic mass is 16.3. The minimum atomic E-state index is -0.762. The van der Waals surface area contributed by atoms with E-state index in [1.165, 1.54) is 0 Å². The van der Waals surface area contributed by atoms with Gasteiger partial charge in [0.15, 0.2) is 0 Å². The lowest BCUT2D eigenvalue weighted by atomic mass is 9.99. The van der Waals surface area contributed by atoms with Crippen LogP contribution >= 0.6 is 0 Å². The van der Waals surface area contributed by atoms with E-state index in [1.807, 2.05) is 19.9 Å². The highest BCUT2D eigenvalue weighted by molar-refractivity contribution is 5.33. The van der Waals surface area contributed by atoms with E-state index < -0.39 is 5.54 Å². The van der Waals surface area contributed by atoms with Gasteiger partial charge in [-0.05, 0) is 25.3 Å². The number of aryl methyl sites for hydroxylation is 1. The Morgan fingerprint density at radius 3 is 2.33 bits per heavy atom. The maximum atomic E-state index is 9.41. The molecule has 18 heavy (non-hydrogen) atoms. The normalized spacial score (nSPS) is 11.9. The van der Waals surface area contributed by atoms with Gasteiger partial charge in [0.05, 0.1) is 18.8 Å². The zero-order chi connectivity index (χ0) is 13.8. The van der Waals surface area contributed by atoms with Gasteiger partial charge in [0.1, 0.15) is 0 Å². The predicted molar refractivity (Wildman–Crippen MR) is 71.7 cm³/mol. The number of nitrogens with zero attached hydrogens (tertiary/aromatic N) is 2. The number of hydrogen-bond acceptors (Lipinski definition) is 5. The molecular weight excluding hydrogens is 230 g/mol. The van der Waals surface area contributed by atoms with Crippen molar-refractivity contribution in [3.8, 4) is 0 Å². The van der Waals surface area contributed by atoms with Gasteiger partial charge < -0.3 is 15.5 Å². The van der Waals surface area contributed by atoms with E-state index in [0.29, 0.717) is 18.3 Å². The van der Waals surface area contributed by atoms with Crippen molar-refractivity contribution in [2.75, 3.05) is 18.5 Å². The molecule has 0 spiro atoms. The molecule has 1 rings (SSSR count). The van der Waals surface area contributed by atoms with E-state index in [4.69, 9.17) is 0 Å². The molecule has 5 heteroatoms. The Kier molecular flexibility index (Phi) is 5.04. The van der Waals surface area contributed by atoms with E-state index in [0.717, 1.165) is 11.4 Å². The SMILES string of the molecule is CCC(CO)(CO)Nc1nc(C)cc(C(C)C)n1. The number of rotatable bonds is 6. The third-order valence-electron chi connectivity index (χ3n) is 3.12. The van der Waals surface area contributed by atoms with E-state index in [-0.39, 0.29) is 13.2 Å². The molecule has 0 aromatic carbocycles. The standard InChI is InChI=1S/C13H23N3O2/c1-5-13(7-17,8-18)16-12-14-10(4)6-11(15-12)9(2)3/h6,9,17-18H,5,7-8H2,1-4H3,(H,14,15,16). The summed E-state index contributed by atoms with van der Waals surface area (Å²) in [5, 5.41) is 21.9. The van der Waals surface area contributed by atoms with Crippen LogP contribution in [0.15, 0.2) is 6.07 Å². The number of aromatic nitrogens is 2. The molecule has 0 aliphatic heterocycles. The minimum Gasteiger partial charge on any atom is -0.394 e. The molecule has 1 aromatic heterocycles. The molecule has 0 amide bonds. The topological polar surface area (TPSA) is 78.3 Å². The first-order valence-electron chi connectivity index (χ1n) is 6.32. The summed E-state index contributed by atoms with van der Waals surface area (Å²) in [6.45, 7) is 7.62. The van der Waals surface area contributed by atoms with Crippen molar-refractivity contribution >= 4 is 5.95 Å². The van der Waals surface area contributed by atoms with E-state index >= 15 is 0 Å². The second kappa shape index (κ2) is 6.11. The lowest BCUT2D eigenvalue weighted by Gasteiger charge is -2.30. The Morgan fingerprint density at radius 2 is 1.89 bits per heavy atom. The molecule has 0 saturated carbocycles. The minimum absolute atomic E-state index is 0.158. The van der Waals surface area contributed by atoms with Gasteiger partial charge in [0, 0.05) is 11.4 Å². The van der Waals surface area contributed by atoms with Crippen molar-refractivity contribution < 1.29 is 10.2 Å².